The molecule has 0 fully saturated rings. The molecule has 0 radical (unpaired) electrons. The minimum absolute atomic E-state index is 0.101. The fraction of sp³-hybridized carbons (Fsp3) is 0.318. The lowest BCUT2D eigenvalue weighted by Crippen LogP contribution is -2.36. The largest absolute Gasteiger partial charge is 0.460 e. The maximum absolute atomic E-state index is 12.7. The zero-order chi connectivity index (χ0) is 19.4. The van der Waals surface area contributed by atoms with Crippen LogP contribution in [0.2, 0.25) is 0 Å². The number of nitro groups is 1. The average molecular weight is 365 g/mol. The van der Waals surface area contributed by atoms with Gasteiger partial charge in [-0.3, -0.25) is 14.9 Å². The molecule has 0 saturated heterocycles. The van der Waals surface area contributed by atoms with E-state index in [1.165, 1.54) is 0 Å². The Labute approximate surface area is 158 Å². The Morgan fingerprint density at radius 1 is 1.07 bits per heavy atom. The van der Waals surface area contributed by atoms with Crippen LogP contribution in [0, 0.1) is 22.0 Å². The summed E-state index contributed by atoms with van der Waals surface area (Å²) >= 11 is 0. The molecule has 2 aromatic rings. The van der Waals surface area contributed by atoms with E-state index in [9.17, 15) is 14.9 Å². The van der Waals surface area contributed by atoms with Crippen molar-refractivity contribution in [1.82, 2.24) is 0 Å². The molecule has 0 bridgehead atoms. The van der Waals surface area contributed by atoms with Crippen LogP contribution in [0.3, 0.4) is 0 Å². The monoisotopic (exact) mass is 365 g/mol. The fourth-order valence-electron chi connectivity index (χ4n) is 3.70. The number of carbonyl (C=O) groups excluding carboxylic acids is 1. The lowest BCUT2D eigenvalue weighted by molar-refractivity contribution is -0.528. The maximum Gasteiger partial charge on any atom is 0.320 e. The van der Waals surface area contributed by atoms with Gasteiger partial charge in [0.15, 0.2) is 0 Å². The molecular weight excluding hydrogens is 342 g/mol. The topological polar surface area (TPSA) is 69.4 Å². The van der Waals surface area contributed by atoms with Crippen LogP contribution in [-0.4, -0.2) is 16.9 Å². The second kappa shape index (κ2) is 8.16. The summed E-state index contributed by atoms with van der Waals surface area (Å²) in [4.78, 5) is 24.3. The van der Waals surface area contributed by atoms with Crippen LogP contribution in [0.1, 0.15) is 30.9 Å². The van der Waals surface area contributed by atoms with Crippen LogP contribution in [0.5, 0.6) is 0 Å². The second-order valence-electron chi connectivity index (χ2n) is 7.10. The molecule has 0 aliphatic heterocycles. The Kier molecular flexibility index (Phi) is 5.69. The van der Waals surface area contributed by atoms with Crippen molar-refractivity contribution >= 4 is 5.97 Å². The summed E-state index contributed by atoms with van der Waals surface area (Å²) in [7, 11) is 0. The van der Waals surface area contributed by atoms with Crippen LogP contribution >= 0.6 is 0 Å². The van der Waals surface area contributed by atoms with Crippen molar-refractivity contribution in [1.29, 1.82) is 0 Å². The van der Waals surface area contributed by atoms with E-state index in [4.69, 9.17) is 4.74 Å². The normalized spacial score (nSPS) is 21.7. The van der Waals surface area contributed by atoms with Gasteiger partial charge in [-0.1, -0.05) is 86.2 Å². The van der Waals surface area contributed by atoms with Gasteiger partial charge in [0.1, 0.15) is 12.5 Å². The number of ether oxygens (including phenoxy) is 1. The van der Waals surface area contributed by atoms with Gasteiger partial charge in [0.05, 0.1) is 5.92 Å². The first-order valence-electron chi connectivity index (χ1n) is 9.09. The van der Waals surface area contributed by atoms with Crippen molar-refractivity contribution in [3.63, 3.8) is 0 Å². The van der Waals surface area contributed by atoms with Gasteiger partial charge in [-0.25, -0.2) is 0 Å². The number of hydrogen-bond acceptors (Lipinski definition) is 4. The van der Waals surface area contributed by atoms with Crippen molar-refractivity contribution in [2.75, 3.05) is 0 Å². The zero-order valence-corrected chi connectivity index (χ0v) is 15.4. The van der Waals surface area contributed by atoms with E-state index < -0.39 is 23.8 Å². The van der Waals surface area contributed by atoms with Crippen LogP contribution in [0.25, 0.3) is 0 Å². The van der Waals surface area contributed by atoms with Gasteiger partial charge in [-0.05, 0) is 17.0 Å². The molecule has 3 rings (SSSR count). The maximum atomic E-state index is 12.7. The number of benzene rings is 2. The highest BCUT2D eigenvalue weighted by atomic mass is 16.6. The van der Waals surface area contributed by atoms with Crippen molar-refractivity contribution in [2.45, 2.75) is 32.4 Å². The first-order chi connectivity index (χ1) is 13.0. The van der Waals surface area contributed by atoms with E-state index in [0.29, 0.717) is 0 Å². The molecule has 5 heteroatoms. The second-order valence-corrected chi connectivity index (χ2v) is 7.10. The Morgan fingerprint density at radius 2 is 1.67 bits per heavy atom. The third-order valence-electron chi connectivity index (χ3n) is 5.01. The van der Waals surface area contributed by atoms with Crippen LogP contribution in [0.4, 0.5) is 0 Å². The molecule has 3 atom stereocenters. The third kappa shape index (κ3) is 4.08. The van der Waals surface area contributed by atoms with Crippen molar-refractivity contribution in [3.8, 4) is 0 Å². The van der Waals surface area contributed by atoms with Gasteiger partial charge in [0.2, 0.25) is 6.04 Å². The minimum Gasteiger partial charge on any atom is -0.460 e. The molecule has 1 aliphatic rings. The molecule has 2 aromatic carbocycles. The van der Waals surface area contributed by atoms with E-state index in [2.05, 4.69) is 0 Å². The molecule has 1 aliphatic carbocycles. The van der Waals surface area contributed by atoms with Gasteiger partial charge >= 0.3 is 5.97 Å². The average Bonchev–Trinajstić information content (AvgIpc) is 3.09. The van der Waals surface area contributed by atoms with E-state index in [0.717, 1.165) is 16.7 Å². The van der Waals surface area contributed by atoms with E-state index >= 15 is 0 Å². The molecule has 0 spiro atoms. The Bertz CT molecular complexity index is 830. The molecular formula is C22H23NO4. The van der Waals surface area contributed by atoms with Gasteiger partial charge in [0, 0.05) is 4.92 Å². The lowest BCUT2D eigenvalue weighted by Gasteiger charge is -2.22. The quantitative estimate of drug-likeness (QED) is 0.330. The van der Waals surface area contributed by atoms with Gasteiger partial charge in [-0.15, -0.1) is 0 Å². The summed E-state index contributed by atoms with van der Waals surface area (Å²) in [6, 6.07) is 17.6. The predicted octanol–water partition coefficient (Wildman–Crippen LogP) is 4.37. The molecule has 0 saturated carbocycles. The smallest absolute Gasteiger partial charge is 0.320 e. The molecule has 0 aromatic heterocycles. The number of hydrogen-bond donors (Lipinski definition) is 0. The Morgan fingerprint density at radius 3 is 2.22 bits per heavy atom. The molecule has 27 heavy (non-hydrogen) atoms. The highest BCUT2D eigenvalue weighted by molar-refractivity contribution is 5.77. The van der Waals surface area contributed by atoms with Crippen LogP contribution < -0.4 is 0 Å². The molecule has 0 N–H and O–H groups in total. The van der Waals surface area contributed by atoms with E-state index in [1.54, 1.807) is 6.08 Å². The highest BCUT2D eigenvalue weighted by Crippen LogP contribution is 2.44. The fourth-order valence-corrected chi connectivity index (χ4v) is 3.70. The SMILES string of the molecule is CC(C)C1=C[C@H](C(=O)OCc2ccccc2)[C@@H]([N+](=O)[O-])[C@@H]1c1ccccc1. The minimum atomic E-state index is -1.05. The highest BCUT2D eigenvalue weighted by Gasteiger charge is 2.50. The van der Waals surface area contributed by atoms with Crippen LogP contribution in [0.15, 0.2) is 72.3 Å². The van der Waals surface area contributed by atoms with Gasteiger partial charge in [0.25, 0.3) is 0 Å². The lowest BCUT2D eigenvalue weighted by atomic mass is 9.83. The molecule has 5 nitrogen and oxygen atoms in total. The summed E-state index contributed by atoms with van der Waals surface area (Å²) in [5, 5.41) is 11.9. The van der Waals surface area contributed by atoms with E-state index in [-0.39, 0.29) is 17.4 Å². The van der Waals surface area contributed by atoms with Crippen molar-refractivity contribution < 1.29 is 14.5 Å². The summed E-state index contributed by atoms with van der Waals surface area (Å²) in [6.07, 6.45) is 1.75. The summed E-state index contributed by atoms with van der Waals surface area (Å²) in [5.41, 5.74) is 2.64. The van der Waals surface area contributed by atoms with Gasteiger partial charge < -0.3 is 4.74 Å². The first kappa shape index (κ1) is 18.8. The Balaban J connectivity index is 1.87. The third-order valence-corrected chi connectivity index (χ3v) is 5.01. The standard InChI is InChI=1S/C22H23NO4/c1-15(2)18-13-19(22(24)27-14-16-9-5-3-6-10-16)21(23(25)26)20(18)17-11-7-4-8-12-17/h3-13,15,19-21H,14H2,1-2H3/t19-,20+,21+/m0/s1. The molecule has 140 valence electrons. The van der Waals surface area contributed by atoms with Gasteiger partial charge in [-0.2, -0.15) is 0 Å². The number of nitrogens with zero attached hydrogens (tertiary/aromatic N) is 1. The summed E-state index contributed by atoms with van der Waals surface area (Å²) < 4.78 is 5.42. The van der Waals surface area contributed by atoms with E-state index in [1.807, 2.05) is 74.5 Å². The first-order valence-corrected chi connectivity index (χ1v) is 9.09. The summed E-state index contributed by atoms with van der Waals surface area (Å²) in [6.45, 7) is 4.11. The number of carbonyl (C=O) groups is 1. The molecule has 0 amide bonds. The van der Waals surface area contributed by atoms with Crippen LogP contribution in [-0.2, 0) is 16.1 Å². The van der Waals surface area contributed by atoms with Crippen molar-refractivity contribution in [3.05, 3.63) is 93.6 Å². The molecule has 0 unspecified atom stereocenters. The number of esters is 1. The number of rotatable bonds is 6. The summed E-state index contributed by atoms with van der Waals surface area (Å²) in [5.74, 6) is -1.75. The zero-order valence-electron chi connectivity index (χ0n) is 15.4. The predicted molar refractivity (Wildman–Crippen MR) is 103 cm³/mol. The Hall–Kier alpha value is -2.95. The molecule has 0 heterocycles. The van der Waals surface area contributed by atoms with Crippen molar-refractivity contribution in [2.24, 2.45) is 11.8 Å².